The quantitative estimate of drug-likeness (QED) is 0.867. The van der Waals surface area contributed by atoms with Gasteiger partial charge in [0, 0.05) is 5.92 Å². The first kappa shape index (κ1) is 14.9. The van der Waals surface area contributed by atoms with Gasteiger partial charge < -0.3 is 0 Å². The lowest BCUT2D eigenvalue weighted by atomic mass is 9.76. The van der Waals surface area contributed by atoms with Crippen molar-refractivity contribution in [2.24, 2.45) is 11.3 Å². The van der Waals surface area contributed by atoms with Crippen LogP contribution in [-0.2, 0) is 6.42 Å². The van der Waals surface area contributed by atoms with E-state index in [4.69, 9.17) is 5.26 Å². The van der Waals surface area contributed by atoms with Gasteiger partial charge in [-0.15, -0.1) is 0 Å². The van der Waals surface area contributed by atoms with Gasteiger partial charge in [-0.05, 0) is 29.5 Å². The van der Waals surface area contributed by atoms with E-state index in [-0.39, 0.29) is 17.2 Å². The number of carbonyl (C=O) groups is 1. The molecular weight excluding hydrogens is 264 g/mol. The first-order chi connectivity index (χ1) is 9.91. The van der Waals surface area contributed by atoms with Crippen molar-refractivity contribution < 1.29 is 4.79 Å². The fraction of sp³-hybridized carbons (Fsp3) is 0.375. The molecule has 0 saturated heterocycles. The van der Waals surface area contributed by atoms with Crippen molar-refractivity contribution >= 4 is 5.91 Å². The molecule has 0 spiro atoms. The van der Waals surface area contributed by atoms with Crippen LogP contribution in [0.15, 0.2) is 36.9 Å². The van der Waals surface area contributed by atoms with Gasteiger partial charge in [-0.3, -0.25) is 4.79 Å². The number of hydrogen-bond acceptors (Lipinski definition) is 4. The predicted molar refractivity (Wildman–Crippen MR) is 78.5 cm³/mol. The van der Waals surface area contributed by atoms with Gasteiger partial charge in [-0.1, -0.05) is 32.9 Å². The molecule has 0 radical (unpaired) electrons. The number of aromatic nitrogens is 3. The maximum Gasteiger partial charge on any atom is 0.252 e. The second kappa shape index (κ2) is 5.88. The molecule has 2 rings (SSSR count). The number of hydrogen-bond donors (Lipinski definition) is 0. The molecule has 1 heterocycles. The first-order valence-corrected chi connectivity index (χ1v) is 6.79. The molecule has 5 nitrogen and oxygen atoms in total. The highest BCUT2D eigenvalue weighted by Gasteiger charge is 2.32. The van der Waals surface area contributed by atoms with Gasteiger partial charge in [0.25, 0.3) is 5.91 Å². The van der Waals surface area contributed by atoms with Crippen LogP contribution in [0.1, 0.15) is 36.7 Å². The van der Waals surface area contributed by atoms with Crippen molar-refractivity contribution in [1.29, 1.82) is 5.26 Å². The van der Waals surface area contributed by atoms with Gasteiger partial charge in [-0.25, -0.2) is 4.98 Å². The predicted octanol–water partition coefficient (Wildman–Crippen LogP) is 2.69. The van der Waals surface area contributed by atoms with Crippen LogP contribution in [0.25, 0.3) is 0 Å². The number of nitrogens with zero attached hydrogens (tertiary/aromatic N) is 4. The van der Waals surface area contributed by atoms with Crippen molar-refractivity contribution in [2.45, 2.75) is 27.2 Å². The number of rotatable bonds is 3. The van der Waals surface area contributed by atoms with E-state index in [1.807, 2.05) is 32.9 Å². The molecule has 0 bridgehead atoms. The standard InChI is InChI=1S/C16H18N4O/c1-16(2,3)14(15(21)20-11-18-10-19-20)8-12-4-6-13(9-17)7-5-12/h4-7,10-11,14H,8H2,1-3H3. The number of carbonyl (C=O) groups excluding carboxylic acids is 1. The molecule has 5 heteroatoms. The zero-order valence-electron chi connectivity index (χ0n) is 12.4. The second-order valence-corrected chi connectivity index (χ2v) is 6.11. The maximum absolute atomic E-state index is 12.6. The van der Waals surface area contributed by atoms with Crippen molar-refractivity contribution in [3.8, 4) is 6.07 Å². The number of benzene rings is 1. The van der Waals surface area contributed by atoms with Crippen LogP contribution in [0.2, 0.25) is 0 Å². The fourth-order valence-corrected chi connectivity index (χ4v) is 2.20. The Morgan fingerprint density at radius 1 is 1.33 bits per heavy atom. The fourth-order valence-electron chi connectivity index (χ4n) is 2.20. The van der Waals surface area contributed by atoms with Crippen LogP contribution in [0.5, 0.6) is 0 Å². The minimum atomic E-state index is -0.216. The molecule has 0 fully saturated rings. The van der Waals surface area contributed by atoms with E-state index in [1.165, 1.54) is 17.3 Å². The summed E-state index contributed by atoms with van der Waals surface area (Å²) in [6, 6.07) is 9.43. The molecule has 1 unspecified atom stereocenters. The lowest BCUT2D eigenvalue weighted by Crippen LogP contribution is -2.34. The van der Waals surface area contributed by atoms with Crippen molar-refractivity contribution in [3.63, 3.8) is 0 Å². The summed E-state index contributed by atoms with van der Waals surface area (Å²) >= 11 is 0. The van der Waals surface area contributed by atoms with E-state index < -0.39 is 0 Å². The first-order valence-electron chi connectivity index (χ1n) is 6.79. The van der Waals surface area contributed by atoms with Gasteiger partial charge in [-0.2, -0.15) is 15.0 Å². The SMILES string of the molecule is CC(C)(C)C(Cc1ccc(C#N)cc1)C(=O)n1cncn1. The third-order valence-corrected chi connectivity index (χ3v) is 3.51. The molecule has 2 aromatic rings. The average Bonchev–Trinajstić information content (AvgIpc) is 2.97. The molecule has 0 aliphatic heterocycles. The molecule has 0 aliphatic rings. The minimum Gasteiger partial charge on any atom is -0.272 e. The van der Waals surface area contributed by atoms with Crippen LogP contribution < -0.4 is 0 Å². The highest BCUT2D eigenvalue weighted by Crippen LogP contribution is 2.30. The normalized spacial score (nSPS) is 12.7. The summed E-state index contributed by atoms with van der Waals surface area (Å²) in [7, 11) is 0. The van der Waals surface area contributed by atoms with Gasteiger partial charge >= 0.3 is 0 Å². The summed E-state index contributed by atoms with van der Waals surface area (Å²) in [5, 5.41) is 12.8. The molecule has 108 valence electrons. The van der Waals surface area contributed by atoms with Crippen LogP contribution in [-0.4, -0.2) is 20.7 Å². The minimum absolute atomic E-state index is 0.0654. The molecule has 0 amide bonds. The molecule has 0 N–H and O–H groups in total. The highest BCUT2D eigenvalue weighted by atomic mass is 16.2. The third kappa shape index (κ3) is 3.54. The van der Waals surface area contributed by atoms with Gasteiger partial charge in [0.2, 0.25) is 0 Å². The van der Waals surface area contributed by atoms with Crippen molar-refractivity contribution in [3.05, 3.63) is 48.0 Å². The molecule has 1 aromatic carbocycles. The summed E-state index contributed by atoms with van der Waals surface area (Å²) < 4.78 is 1.29. The largest absolute Gasteiger partial charge is 0.272 e. The average molecular weight is 282 g/mol. The van der Waals surface area contributed by atoms with E-state index in [9.17, 15) is 4.79 Å². The molecule has 1 aromatic heterocycles. The Morgan fingerprint density at radius 2 is 2.00 bits per heavy atom. The van der Waals surface area contributed by atoms with Crippen molar-refractivity contribution in [1.82, 2.24) is 14.8 Å². The maximum atomic E-state index is 12.6. The summed E-state index contributed by atoms with van der Waals surface area (Å²) in [5.41, 5.74) is 1.45. The molecule has 0 aliphatic carbocycles. The van der Waals surface area contributed by atoms with E-state index in [1.54, 1.807) is 12.1 Å². The van der Waals surface area contributed by atoms with Crippen molar-refractivity contribution in [2.75, 3.05) is 0 Å². The molecular formula is C16H18N4O. The van der Waals surface area contributed by atoms with E-state index >= 15 is 0 Å². The second-order valence-electron chi connectivity index (χ2n) is 6.11. The Labute approximate surface area is 124 Å². The summed E-state index contributed by atoms with van der Waals surface area (Å²) in [4.78, 5) is 16.4. The summed E-state index contributed by atoms with van der Waals surface area (Å²) in [6.45, 7) is 6.11. The van der Waals surface area contributed by atoms with Gasteiger partial charge in [0.1, 0.15) is 12.7 Å². The highest BCUT2D eigenvalue weighted by molar-refractivity contribution is 5.81. The van der Waals surface area contributed by atoms with Gasteiger partial charge in [0.05, 0.1) is 11.6 Å². The Bertz CT molecular complexity index is 645. The molecule has 0 saturated carbocycles. The summed E-state index contributed by atoms with van der Waals surface area (Å²) in [5.74, 6) is -0.281. The number of nitriles is 1. The zero-order chi connectivity index (χ0) is 15.5. The van der Waals surface area contributed by atoms with Crippen LogP contribution >= 0.6 is 0 Å². The smallest absolute Gasteiger partial charge is 0.252 e. The van der Waals surface area contributed by atoms with Gasteiger partial charge in [0.15, 0.2) is 0 Å². The topological polar surface area (TPSA) is 71.6 Å². The zero-order valence-corrected chi connectivity index (χ0v) is 12.4. The summed E-state index contributed by atoms with van der Waals surface area (Å²) in [6.07, 6.45) is 3.40. The van der Waals surface area contributed by atoms with Crippen LogP contribution in [0.3, 0.4) is 0 Å². The van der Waals surface area contributed by atoms with Crippen LogP contribution in [0, 0.1) is 22.7 Å². The molecule has 1 atom stereocenters. The Balaban J connectivity index is 2.25. The van der Waals surface area contributed by atoms with E-state index in [2.05, 4.69) is 16.2 Å². The third-order valence-electron chi connectivity index (χ3n) is 3.51. The Morgan fingerprint density at radius 3 is 2.48 bits per heavy atom. The Hall–Kier alpha value is -2.48. The van der Waals surface area contributed by atoms with Crippen LogP contribution in [0.4, 0.5) is 0 Å². The van der Waals surface area contributed by atoms with E-state index in [0.717, 1.165) is 5.56 Å². The lowest BCUT2D eigenvalue weighted by molar-refractivity contribution is 0.0706. The molecule has 21 heavy (non-hydrogen) atoms. The monoisotopic (exact) mass is 282 g/mol. The lowest BCUT2D eigenvalue weighted by Gasteiger charge is -2.29. The Kier molecular flexibility index (Phi) is 4.18. The van der Waals surface area contributed by atoms with E-state index in [0.29, 0.717) is 12.0 Å².